The van der Waals surface area contributed by atoms with Crippen LogP contribution in [-0.4, -0.2) is 30.3 Å². The number of nitrogens with zero attached hydrogens (tertiary/aromatic N) is 2. The van der Waals surface area contributed by atoms with Crippen molar-refractivity contribution in [2.75, 3.05) is 14.2 Å². The summed E-state index contributed by atoms with van der Waals surface area (Å²) in [5.41, 5.74) is 2.43. The minimum Gasteiger partial charge on any atom is -0.493 e. The standard InChI is InChI=1S/C19H19N3O4/c1-12-4-6-13(7-5-12)19-21-17(22-26-19)11-20-18(23)14-8-9-15(24-2)16(10-14)25-3/h4-10H,11H2,1-3H3,(H,20,23). The Morgan fingerprint density at radius 3 is 2.50 bits per heavy atom. The van der Waals surface area contributed by atoms with Crippen molar-refractivity contribution in [1.29, 1.82) is 0 Å². The van der Waals surface area contributed by atoms with E-state index in [1.165, 1.54) is 7.11 Å². The number of rotatable bonds is 6. The summed E-state index contributed by atoms with van der Waals surface area (Å²) in [5, 5.41) is 6.65. The summed E-state index contributed by atoms with van der Waals surface area (Å²) in [6.07, 6.45) is 0. The largest absolute Gasteiger partial charge is 0.493 e. The second-order valence-corrected chi connectivity index (χ2v) is 5.63. The van der Waals surface area contributed by atoms with E-state index < -0.39 is 0 Å². The number of carbonyl (C=O) groups is 1. The predicted octanol–water partition coefficient (Wildman–Crippen LogP) is 2.99. The van der Waals surface area contributed by atoms with Crippen molar-refractivity contribution in [3.8, 4) is 23.0 Å². The lowest BCUT2D eigenvalue weighted by Gasteiger charge is -2.09. The van der Waals surface area contributed by atoms with Gasteiger partial charge >= 0.3 is 0 Å². The van der Waals surface area contributed by atoms with Gasteiger partial charge in [-0.15, -0.1) is 0 Å². The van der Waals surface area contributed by atoms with Gasteiger partial charge in [0.05, 0.1) is 20.8 Å². The van der Waals surface area contributed by atoms with E-state index in [-0.39, 0.29) is 12.5 Å². The fourth-order valence-corrected chi connectivity index (χ4v) is 2.38. The van der Waals surface area contributed by atoms with Crippen LogP contribution < -0.4 is 14.8 Å². The number of methoxy groups -OCH3 is 2. The van der Waals surface area contributed by atoms with E-state index in [0.717, 1.165) is 11.1 Å². The van der Waals surface area contributed by atoms with Crippen LogP contribution in [0.3, 0.4) is 0 Å². The summed E-state index contributed by atoms with van der Waals surface area (Å²) in [7, 11) is 3.06. The molecule has 2 aromatic carbocycles. The summed E-state index contributed by atoms with van der Waals surface area (Å²) in [6.45, 7) is 2.16. The Labute approximate surface area is 150 Å². The number of aryl methyl sites for hydroxylation is 1. The SMILES string of the molecule is COc1ccc(C(=O)NCc2noc(-c3ccc(C)cc3)n2)cc1OC. The molecular weight excluding hydrogens is 334 g/mol. The van der Waals surface area contributed by atoms with Crippen LogP contribution >= 0.6 is 0 Å². The van der Waals surface area contributed by atoms with Gasteiger partial charge in [0.1, 0.15) is 0 Å². The van der Waals surface area contributed by atoms with E-state index in [2.05, 4.69) is 15.5 Å². The molecule has 0 aliphatic heterocycles. The Balaban J connectivity index is 1.66. The van der Waals surface area contributed by atoms with Crippen LogP contribution in [0.15, 0.2) is 47.0 Å². The summed E-state index contributed by atoms with van der Waals surface area (Å²) >= 11 is 0. The highest BCUT2D eigenvalue weighted by Gasteiger charge is 2.13. The van der Waals surface area contributed by atoms with Gasteiger partial charge in [-0.05, 0) is 37.3 Å². The van der Waals surface area contributed by atoms with Crippen molar-refractivity contribution < 1.29 is 18.8 Å². The highest BCUT2D eigenvalue weighted by molar-refractivity contribution is 5.94. The quantitative estimate of drug-likeness (QED) is 0.733. The second kappa shape index (κ2) is 7.69. The fourth-order valence-electron chi connectivity index (χ4n) is 2.38. The van der Waals surface area contributed by atoms with Crippen molar-refractivity contribution in [1.82, 2.24) is 15.5 Å². The van der Waals surface area contributed by atoms with Gasteiger partial charge in [-0.2, -0.15) is 4.98 Å². The molecule has 3 rings (SSSR count). The number of amides is 1. The molecule has 0 aliphatic rings. The smallest absolute Gasteiger partial charge is 0.257 e. The number of nitrogens with one attached hydrogen (secondary N) is 1. The molecular formula is C19H19N3O4. The minimum atomic E-state index is -0.271. The fraction of sp³-hybridized carbons (Fsp3) is 0.211. The third kappa shape index (κ3) is 3.83. The highest BCUT2D eigenvalue weighted by atomic mass is 16.5. The van der Waals surface area contributed by atoms with E-state index in [0.29, 0.717) is 28.8 Å². The Morgan fingerprint density at radius 1 is 1.08 bits per heavy atom. The highest BCUT2D eigenvalue weighted by Crippen LogP contribution is 2.27. The van der Waals surface area contributed by atoms with E-state index in [1.807, 2.05) is 31.2 Å². The van der Waals surface area contributed by atoms with Crippen molar-refractivity contribution >= 4 is 5.91 Å². The molecule has 0 bridgehead atoms. The second-order valence-electron chi connectivity index (χ2n) is 5.63. The zero-order chi connectivity index (χ0) is 18.5. The maximum absolute atomic E-state index is 12.3. The van der Waals surface area contributed by atoms with Crippen molar-refractivity contribution in [3.63, 3.8) is 0 Å². The molecule has 0 saturated heterocycles. The van der Waals surface area contributed by atoms with Gasteiger partial charge in [0.25, 0.3) is 11.8 Å². The summed E-state index contributed by atoms with van der Waals surface area (Å²) in [4.78, 5) is 16.6. The van der Waals surface area contributed by atoms with Gasteiger partial charge in [-0.3, -0.25) is 4.79 Å². The molecule has 0 aliphatic carbocycles. The molecule has 1 N–H and O–H groups in total. The van der Waals surface area contributed by atoms with Gasteiger partial charge in [0.15, 0.2) is 17.3 Å². The molecule has 134 valence electrons. The normalized spacial score (nSPS) is 10.4. The third-order valence-electron chi connectivity index (χ3n) is 3.82. The zero-order valence-electron chi connectivity index (χ0n) is 14.8. The van der Waals surface area contributed by atoms with Crippen molar-refractivity contribution in [2.45, 2.75) is 13.5 Å². The first-order chi connectivity index (χ1) is 12.6. The first-order valence-corrected chi connectivity index (χ1v) is 8.00. The van der Waals surface area contributed by atoms with Crippen LogP contribution in [0.4, 0.5) is 0 Å². The van der Waals surface area contributed by atoms with Crippen molar-refractivity contribution in [3.05, 3.63) is 59.4 Å². The number of hydrogen-bond acceptors (Lipinski definition) is 6. The average Bonchev–Trinajstić information content (AvgIpc) is 3.15. The molecule has 1 heterocycles. The number of carbonyl (C=O) groups excluding carboxylic acids is 1. The summed E-state index contributed by atoms with van der Waals surface area (Å²) < 4.78 is 15.6. The van der Waals surface area contributed by atoms with Crippen LogP contribution in [0, 0.1) is 6.92 Å². The Hall–Kier alpha value is -3.35. The monoisotopic (exact) mass is 353 g/mol. The van der Waals surface area contributed by atoms with E-state index >= 15 is 0 Å². The maximum Gasteiger partial charge on any atom is 0.257 e. The molecule has 7 nitrogen and oxygen atoms in total. The first-order valence-electron chi connectivity index (χ1n) is 8.00. The molecule has 0 spiro atoms. The third-order valence-corrected chi connectivity index (χ3v) is 3.82. The molecule has 1 amide bonds. The van der Waals surface area contributed by atoms with E-state index in [4.69, 9.17) is 14.0 Å². The topological polar surface area (TPSA) is 86.5 Å². The molecule has 0 atom stereocenters. The molecule has 26 heavy (non-hydrogen) atoms. The lowest BCUT2D eigenvalue weighted by molar-refractivity contribution is 0.0949. The Kier molecular flexibility index (Phi) is 5.17. The summed E-state index contributed by atoms with van der Waals surface area (Å²) in [5.74, 6) is 1.59. The van der Waals surface area contributed by atoms with Gasteiger partial charge < -0.3 is 19.3 Å². The number of benzene rings is 2. The Morgan fingerprint density at radius 2 is 1.81 bits per heavy atom. The number of ether oxygens (including phenoxy) is 2. The van der Waals surface area contributed by atoms with Crippen LogP contribution in [-0.2, 0) is 6.54 Å². The molecule has 0 fully saturated rings. The van der Waals surface area contributed by atoms with Crippen LogP contribution in [0.25, 0.3) is 11.5 Å². The number of aromatic nitrogens is 2. The lowest BCUT2D eigenvalue weighted by Crippen LogP contribution is -2.23. The minimum absolute atomic E-state index is 0.155. The molecule has 0 saturated carbocycles. The molecule has 0 unspecified atom stereocenters. The zero-order valence-corrected chi connectivity index (χ0v) is 14.8. The average molecular weight is 353 g/mol. The van der Waals surface area contributed by atoms with Crippen LogP contribution in [0.2, 0.25) is 0 Å². The molecule has 3 aromatic rings. The number of hydrogen-bond donors (Lipinski definition) is 1. The predicted molar refractivity (Wildman–Crippen MR) is 95.2 cm³/mol. The van der Waals surface area contributed by atoms with Gasteiger partial charge in [-0.25, -0.2) is 0 Å². The van der Waals surface area contributed by atoms with Gasteiger partial charge in [0.2, 0.25) is 0 Å². The van der Waals surface area contributed by atoms with Crippen LogP contribution in [0.1, 0.15) is 21.7 Å². The van der Waals surface area contributed by atoms with Crippen molar-refractivity contribution in [2.24, 2.45) is 0 Å². The first kappa shape index (κ1) is 17.5. The molecule has 0 radical (unpaired) electrons. The maximum atomic E-state index is 12.3. The summed E-state index contributed by atoms with van der Waals surface area (Å²) in [6, 6.07) is 12.7. The van der Waals surface area contributed by atoms with Gasteiger partial charge in [-0.1, -0.05) is 22.9 Å². The Bertz CT molecular complexity index is 903. The van der Waals surface area contributed by atoms with Crippen LogP contribution in [0.5, 0.6) is 11.5 Å². The molecule has 7 heteroatoms. The lowest BCUT2D eigenvalue weighted by atomic mass is 10.1. The van der Waals surface area contributed by atoms with E-state index in [1.54, 1.807) is 25.3 Å². The van der Waals surface area contributed by atoms with E-state index in [9.17, 15) is 4.79 Å². The van der Waals surface area contributed by atoms with Gasteiger partial charge in [0, 0.05) is 11.1 Å². The molecule has 1 aromatic heterocycles.